The van der Waals surface area contributed by atoms with E-state index in [1.54, 1.807) is 6.26 Å². The Hall–Kier alpha value is 1.04. The van der Waals surface area contributed by atoms with Gasteiger partial charge in [-0.2, -0.15) is 0 Å². The van der Waals surface area contributed by atoms with Crippen LogP contribution < -0.4 is 0 Å². The van der Waals surface area contributed by atoms with Gasteiger partial charge in [-0.15, -0.1) is 0 Å². The Morgan fingerprint density at radius 3 is 2.18 bits per heavy atom. The number of phosphoric acid groups is 1. The van der Waals surface area contributed by atoms with Gasteiger partial charge in [-0.05, 0) is 6.26 Å². The summed E-state index contributed by atoms with van der Waals surface area (Å²) in [7, 11) is -3.05. The predicted octanol–water partition coefficient (Wildman–Crippen LogP) is 1.96. The van der Waals surface area contributed by atoms with E-state index in [1.807, 2.05) is 0 Å². The van der Waals surface area contributed by atoms with Crippen LogP contribution in [-0.4, -0.2) is 23.1 Å². The summed E-state index contributed by atoms with van der Waals surface area (Å²) in [5, 5.41) is 0. The lowest BCUT2D eigenvalue weighted by Crippen LogP contribution is -1.79. The second kappa shape index (κ2) is 4.33. The van der Waals surface area contributed by atoms with Crippen molar-refractivity contribution in [1.29, 1.82) is 0 Å². The van der Waals surface area contributed by atoms with E-state index >= 15 is 0 Å². The summed E-state index contributed by atoms with van der Waals surface area (Å²) in [4.78, 5) is 16.8. The van der Waals surface area contributed by atoms with E-state index < -0.39 is 13.5 Å². The Balaban J connectivity index is 4.48. The zero-order valence-corrected chi connectivity index (χ0v) is 9.41. The van der Waals surface area contributed by atoms with Crippen molar-refractivity contribution in [1.82, 2.24) is 0 Å². The molecule has 0 amide bonds. The number of hydrogen-bond acceptors (Lipinski definition) is 4. The van der Waals surface area contributed by atoms with E-state index in [1.165, 1.54) is 7.05 Å². The molecule has 0 radical (unpaired) electrons. The third-order valence-corrected chi connectivity index (χ3v) is 8.57. The second-order valence-electron chi connectivity index (χ2n) is 1.45. The lowest BCUT2D eigenvalue weighted by molar-refractivity contribution is 0.295. The molecule has 0 saturated carbocycles. The molecule has 1 unspecified atom stereocenters. The van der Waals surface area contributed by atoms with Crippen molar-refractivity contribution < 1.29 is 18.7 Å². The minimum atomic E-state index is -4.46. The van der Waals surface area contributed by atoms with Crippen molar-refractivity contribution in [2.24, 2.45) is 4.74 Å². The van der Waals surface area contributed by atoms with E-state index in [9.17, 15) is 4.57 Å². The van der Waals surface area contributed by atoms with Gasteiger partial charge in [0, 0.05) is 7.05 Å². The molecule has 5 nitrogen and oxygen atoms in total. The molecule has 0 fully saturated rings. The molecule has 9 heteroatoms. The maximum atomic E-state index is 10.3. The maximum absolute atomic E-state index is 10.3. The fourth-order valence-corrected chi connectivity index (χ4v) is 4.85. The Morgan fingerprint density at radius 1 is 1.64 bits per heavy atom. The van der Waals surface area contributed by atoms with Crippen LogP contribution in [0.4, 0.5) is 0 Å². The monoisotopic (exact) mass is 237 g/mol. The van der Waals surface area contributed by atoms with Crippen LogP contribution in [0, 0.1) is 0 Å². The highest BCUT2D eigenvalue weighted by molar-refractivity contribution is 8.85. The van der Waals surface area contributed by atoms with Crippen LogP contribution in [0.25, 0.3) is 0 Å². The third kappa shape index (κ3) is 5.31. The highest BCUT2D eigenvalue weighted by Gasteiger charge is 2.25. The Labute approximate surface area is 74.2 Å². The van der Waals surface area contributed by atoms with Crippen LogP contribution in [-0.2, 0) is 8.88 Å². The molecule has 2 N–H and O–H groups in total. The Kier molecular flexibility index (Phi) is 4.73. The van der Waals surface area contributed by atoms with Crippen LogP contribution in [0.15, 0.2) is 4.74 Å². The molecule has 0 aromatic carbocycles. The molecule has 0 saturated heterocycles. The van der Waals surface area contributed by atoms with Crippen molar-refractivity contribution in [3.8, 4) is 0 Å². The average molecular weight is 237 g/mol. The molecule has 68 valence electrons. The van der Waals surface area contributed by atoms with E-state index in [0.717, 1.165) is 11.4 Å². The fourth-order valence-electron chi connectivity index (χ4n) is 0.290. The number of hydrogen-bond donors (Lipinski definition) is 3. The van der Waals surface area contributed by atoms with Crippen molar-refractivity contribution >= 4 is 37.1 Å². The third-order valence-electron chi connectivity index (χ3n) is 0.703. The normalized spacial score (nSPS) is 17.5. The molecular formula is C2H9NO4P2S2. The zero-order chi connectivity index (χ0) is 9.12. The topological polar surface area (TPSA) is 79.1 Å². The van der Waals surface area contributed by atoms with Crippen LogP contribution in [0.5, 0.6) is 0 Å². The van der Waals surface area contributed by atoms with E-state index in [4.69, 9.17) is 9.79 Å². The molecule has 0 bridgehead atoms. The van der Waals surface area contributed by atoms with Crippen LogP contribution in [0.1, 0.15) is 0 Å². The molecule has 0 aliphatic heterocycles. The van der Waals surface area contributed by atoms with Crippen molar-refractivity contribution in [3.05, 3.63) is 0 Å². The molecule has 11 heavy (non-hydrogen) atoms. The minimum absolute atomic E-state index is 1.09. The first-order valence-corrected chi connectivity index (χ1v) is 8.56. The maximum Gasteiger partial charge on any atom is 0.475 e. The standard InChI is InChI=1S/C2H9NO4P2S2/c1-3-8(10,11-2)7-9(4,5)6/h10H,1-2H3,(H2,4,5,6). The lowest BCUT2D eigenvalue weighted by Gasteiger charge is -2.14. The van der Waals surface area contributed by atoms with Gasteiger partial charge in [0.2, 0.25) is 5.69 Å². The summed E-state index contributed by atoms with van der Waals surface area (Å²) < 4.78 is 18.4. The second-order valence-corrected chi connectivity index (χ2v) is 9.84. The van der Waals surface area contributed by atoms with Crippen molar-refractivity contribution in [3.63, 3.8) is 0 Å². The van der Waals surface area contributed by atoms with Crippen LogP contribution in [0.2, 0.25) is 0 Å². The molecule has 0 spiro atoms. The predicted molar refractivity (Wildman–Crippen MR) is 50.9 cm³/mol. The largest absolute Gasteiger partial charge is 0.475 e. The molecule has 0 aliphatic carbocycles. The van der Waals surface area contributed by atoms with Gasteiger partial charge in [0.25, 0.3) is 0 Å². The summed E-state index contributed by atoms with van der Waals surface area (Å²) >= 11 is 5.00. The summed E-state index contributed by atoms with van der Waals surface area (Å²) in [5.74, 6) is 0. The number of thiol groups is 1. The molecule has 0 rings (SSSR count). The first kappa shape index (κ1) is 12.0. The average Bonchev–Trinajstić information content (AvgIpc) is 1.84. The molecule has 0 aromatic rings. The first-order valence-electron chi connectivity index (χ1n) is 2.39. The Bertz CT molecular complexity index is 224. The molecular weight excluding hydrogens is 228 g/mol. The lowest BCUT2D eigenvalue weighted by atomic mass is 11.6. The van der Waals surface area contributed by atoms with Crippen molar-refractivity contribution in [2.75, 3.05) is 13.3 Å². The van der Waals surface area contributed by atoms with Gasteiger partial charge >= 0.3 is 7.82 Å². The van der Waals surface area contributed by atoms with Gasteiger partial charge in [-0.1, -0.05) is 23.6 Å². The minimum Gasteiger partial charge on any atom is -0.302 e. The van der Waals surface area contributed by atoms with Gasteiger partial charge < -0.3 is 9.79 Å². The van der Waals surface area contributed by atoms with Gasteiger partial charge in [-0.3, -0.25) is 4.74 Å². The van der Waals surface area contributed by atoms with E-state index in [-0.39, 0.29) is 0 Å². The first-order chi connectivity index (χ1) is 4.83. The highest BCUT2D eigenvalue weighted by atomic mass is 33.1. The van der Waals surface area contributed by atoms with Gasteiger partial charge in [0.05, 0.1) is 0 Å². The molecule has 1 atom stereocenters. The summed E-state index contributed by atoms with van der Waals surface area (Å²) in [5.41, 5.74) is -2.58. The van der Waals surface area contributed by atoms with E-state index in [0.29, 0.717) is 0 Å². The number of rotatable bonds is 3. The fraction of sp³-hybridized carbons (Fsp3) is 1.00. The summed E-state index contributed by atoms with van der Waals surface area (Å²) in [6, 6.07) is 0. The number of nitrogens with zero attached hydrogens (tertiary/aromatic N) is 1. The smallest absolute Gasteiger partial charge is 0.302 e. The van der Waals surface area contributed by atoms with Crippen LogP contribution in [0.3, 0.4) is 0 Å². The molecule has 0 aromatic heterocycles. The SMILES string of the molecule is CN=P(S)(OP(=O)(O)O)SC. The zero-order valence-electron chi connectivity index (χ0n) is 5.91. The quantitative estimate of drug-likeness (QED) is 0.516. The van der Waals surface area contributed by atoms with Crippen molar-refractivity contribution in [2.45, 2.75) is 0 Å². The summed E-state index contributed by atoms with van der Waals surface area (Å²) in [6.07, 6.45) is 1.63. The molecule has 0 heterocycles. The van der Waals surface area contributed by atoms with Gasteiger partial charge in [0.15, 0.2) is 0 Å². The molecule has 0 aliphatic rings. The van der Waals surface area contributed by atoms with Gasteiger partial charge in [-0.25, -0.2) is 8.88 Å². The Morgan fingerprint density at radius 2 is 2.09 bits per heavy atom. The van der Waals surface area contributed by atoms with Crippen LogP contribution >= 0.6 is 37.1 Å². The van der Waals surface area contributed by atoms with E-state index in [2.05, 4.69) is 21.3 Å². The van der Waals surface area contributed by atoms with Gasteiger partial charge in [0.1, 0.15) is 0 Å². The highest BCUT2D eigenvalue weighted by Crippen LogP contribution is 2.72. The summed E-state index contributed by atoms with van der Waals surface area (Å²) in [6.45, 7) is 0.